The molecule has 3 nitrogen and oxygen atoms in total. The molecule has 1 heterocycles. The maximum Gasteiger partial charge on any atom is 0.103 e. The first-order chi connectivity index (χ1) is 9.16. The van der Waals surface area contributed by atoms with Gasteiger partial charge in [0.2, 0.25) is 0 Å². The van der Waals surface area contributed by atoms with E-state index in [0.717, 1.165) is 24.2 Å². The minimum Gasteiger partial charge on any atom is -0.389 e. The molecule has 0 bridgehead atoms. The van der Waals surface area contributed by atoms with Crippen LogP contribution in [0.1, 0.15) is 42.9 Å². The van der Waals surface area contributed by atoms with Gasteiger partial charge in [-0.05, 0) is 31.5 Å². The third-order valence-corrected chi connectivity index (χ3v) is 3.95. The largest absolute Gasteiger partial charge is 0.389 e. The van der Waals surface area contributed by atoms with Crippen molar-refractivity contribution in [2.45, 2.75) is 31.8 Å². The van der Waals surface area contributed by atoms with Gasteiger partial charge in [-0.3, -0.25) is 0 Å². The normalized spacial score (nSPS) is 18.8. The van der Waals surface area contributed by atoms with Crippen molar-refractivity contribution in [1.82, 2.24) is 4.90 Å². The molecule has 0 spiro atoms. The lowest BCUT2D eigenvalue weighted by molar-refractivity contribution is 0.115. The fourth-order valence-electron chi connectivity index (χ4n) is 2.54. The predicted molar refractivity (Wildman–Crippen MR) is 82.2 cm³/mol. The average molecular weight is 278 g/mol. The van der Waals surface area contributed by atoms with E-state index in [0.29, 0.717) is 11.5 Å². The van der Waals surface area contributed by atoms with Crippen molar-refractivity contribution >= 4 is 17.2 Å². The zero-order valence-electron chi connectivity index (χ0n) is 11.2. The summed E-state index contributed by atoms with van der Waals surface area (Å²) in [6, 6.07) is 7.58. The standard InChI is InChI=1S/C15H22N2OS/c16-15(19)13-7-5-12(6-8-13)14(18)11-17-9-3-1-2-4-10-17/h5-8,14,18H,1-4,9-11H2,(H2,16,19). The summed E-state index contributed by atoms with van der Waals surface area (Å²) in [7, 11) is 0. The van der Waals surface area contributed by atoms with Crippen LogP contribution in [0.25, 0.3) is 0 Å². The monoisotopic (exact) mass is 278 g/mol. The Morgan fingerprint density at radius 3 is 2.26 bits per heavy atom. The van der Waals surface area contributed by atoms with Crippen LogP contribution in [0.2, 0.25) is 0 Å². The van der Waals surface area contributed by atoms with Gasteiger partial charge in [0.15, 0.2) is 0 Å². The van der Waals surface area contributed by atoms with Crippen LogP contribution in [-0.4, -0.2) is 34.6 Å². The highest BCUT2D eigenvalue weighted by Crippen LogP contribution is 2.18. The lowest BCUT2D eigenvalue weighted by Gasteiger charge is -2.23. The molecule has 0 aromatic heterocycles. The highest BCUT2D eigenvalue weighted by Gasteiger charge is 2.15. The molecule has 0 aliphatic carbocycles. The Morgan fingerprint density at radius 1 is 1.16 bits per heavy atom. The average Bonchev–Trinajstić information content (AvgIpc) is 2.67. The quantitative estimate of drug-likeness (QED) is 0.829. The second kappa shape index (κ2) is 6.98. The van der Waals surface area contributed by atoms with Gasteiger partial charge in [-0.2, -0.15) is 0 Å². The third kappa shape index (κ3) is 4.27. The van der Waals surface area contributed by atoms with Gasteiger partial charge in [-0.25, -0.2) is 0 Å². The van der Waals surface area contributed by atoms with Crippen LogP contribution in [0.3, 0.4) is 0 Å². The van der Waals surface area contributed by atoms with E-state index < -0.39 is 6.10 Å². The second-order valence-corrected chi connectivity index (χ2v) is 5.66. The Labute approximate surface area is 120 Å². The molecule has 3 N–H and O–H groups in total. The molecule has 1 atom stereocenters. The van der Waals surface area contributed by atoms with E-state index in [9.17, 15) is 5.11 Å². The number of thiocarbonyl (C=S) groups is 1. The number of aliphatic hydroxyl groups is 1. The van der Waals surface area contributed by atoms with Gasteiger partial charge >= 0.3 is 0 Å². The summed E-state index contributed by atoms with van der Waals surface area (Å²) in [4.78, 5) is 2.76. The maximum atomic E-state index is 10.3. The number of nitrogens with two attached hydrogens (primary N) is 1. The zero-order valence-corrected chi connectivity index (χ0v) is 12.0. The first-order valence-corrected chi connectivity index (χ1v) is 7.38. The van der Waals surface area contributed by atoms with Crippen molar-refractivity contribution in [3.8, 4) is 0 Å². The highest BCUT2D eigenvalue weighted by molar-refractivity contribution is 7.80. The van der Waals surface area contributed by atoms with E-state index in [4.69, 9.17) is 18.0 Å². The first kappa shape index (κ1) is 14.4. The van der Waals surface area contributed by atoms with E-state index in [1.165, 1.54) is 25.7 Å². The molecule has 1 fully saturated rings. The highest BCUT2D eigenvalue weighted by atomic mass is 32.1. The molecule has 1 aromatic rings. The minimum atomic E-state index is -0.432. The molecule has 4 heteroatoms. The van der Waals surface area contributed by atoms with Crippen molar-refractivity contribution in [3.63, 3.8) is 0 Å². The Kier molecular flexibility index (Phi) is 5.31. The molecular formula is C15H22N2OS. The van der Waals surface area contributed by atoms with Gasteiger partial charge in [-0.1, -0.05) is 49.3 Å². The van der Waals surface area contributed by atoms with Crippen LogP contribution < -0.4 is 5.73 Å². The fourth-order valence-corrected chi connectivity index (χ4v) is 2.67. The molecule has 1 aliphatic rings. The molecule has 1 aliphatic heterocycles. The number of nitrogens with zero attached hydrogens (tertiary/aromatic N) is 1. The molecule has 104 valence electrons. The first-order valence-electron chi connectivity index (χ1n) is 6.97. The Balaban J connectivity index is 1.94. The van der Waals surface area contributed by atoms with Gasteiger partial charge in [0.25, 0.3) is 0 Å². The van der Waals surface area contributed by atoms with Crippen molar-refractivity contribution < 1.29 is 5.11 Å². The number of likely N-dealkylation sites (tertiary alicyclic amines) is 1. The number of benzene rings is 1. The van der Waals surface area contributed by atoms with Crippen LogP contribution in [-0.2, 0) is 0 Å². The van der Waals surface area contributed by atoms with Gasteiger partial charge in [0.1, 0.15) is 4.99 Å². The van der Waals surface area contributed by atoms with Crippen molar-refractivity contribution in [2.75, 3.05) is 19.6 Å². The summed E-state index contributed by atoms with van der Waals surface area (Å²) in [6.45, 7) is 2.91. The molecular weight excluding hydrogens is 256 g/mol. The number of hydrogen-bond donors (Lipinski definition) is 2. The topological polar surface area (TPSA) is 49.5 Å². The smallest absolute Gasteiger partial charge is 0.103 e. The molecule has 0 saturated carbocycles. The van der Waals surface area contributed by atoms with Crippen molar-refractivity contribution in [2.24, 2.45) is 5.73 Å². The number of β-amino-alcohol motifs (C(OH)–C–C–N with tert-alkyl or cyclic N) is 1. The lowest BCUT2D eigenvalue weighted by atomic mass is 10.1. The van der Waals surface area contributed by atoms with Crippen LogP contribution >= 0.6 is 12.2 Å². The minimum absolute atomic E-state index is 0.397. The summed E-state index contributed by atoms with van der Waals surface area (Å²) >= 11 is 4.92. The van der Waals surface area contributed by atoms with E-state index in [-0.39, 0.29) is 0 Å². The van der Waals surface area contributed by atoms with Gasteiger partial charge in [-0.15, -0.1) is 0 Å². The summed E-state index contributed by atoms with van der Waals surface area (Å²) < 4.78 is 0. The van der Waals surface area contributed by atoms with Crippen molar-refractivity contribution in [1.29, 1.82) is 0 Å². The summed E-state index contributed by atoms with van der Waals surface area (Å²) in [5, 5.41) is 10.3. The second-order valence-electron chi connectivity index (χ2n) is 5.22. The predicted octanol–water partition coefficient (Wildman–Crippen LogP) is 2.23. The Bertz CT molecular complexity index is 411. The zero-order chi connectivity index (χ0) is 13.7. The maximum absolute atomic E-state index is 10.3. The molecule has 19 heavy (non-hydrogen) atoms. The van der Waals surface area contributed by atoms with Gasteiger partial charge < -0.3 is 15.7 Å². The summed E-state index contributed by atoms with van der Waals surface area (Å²) in [6.07, 6.45) is 4.68. The molecule has 1 saturated heterocycles. The van der Waals surface area contributed by atoms with Crippen LogP contribution in [0, 0.1) is 0 Å². The van der Waals surface area contributed by atoms with Crippen LogP contribution in [0.15, 0.2) is 24.3 Å². The van der Waals surface area contributed by atoms with Gasteiger partial charge in [0, 0.05) is 12.1 Å². The van der Waals surface area contributed by atoms with E-state index in [2.05, 4.69) is 4.90 Å². The molecule has 1 unspecified atom stereocenters. The van der Waals surface area contributed by atoms with Gasteiger partial charge in [0.05, 0.1) is 6.10 Å². The summed E-state index contributed by atoms with van der Waals surface area (Å²) in [5.74, 6) is 0. The SMILES string of the molecule is NC(=S)c1ccc(C(O)CN2CCCCCC2)cc1. The van der Waals surface area contributed by atoms with E-state index in [1.54, 1.807) is 0 Å². The third-order valence-electron chi connectivity index (χ3n) is 3.71. The van der Waals surface area contributed by atoms with E-state index in [1.807, 2.05) is 24.3 Å². The molecule has 2 rings (SSSR count). The number of rotatable bonds is 4. The van der Waals surface area contributed by atoms with E-state index >= 15 is 0 Å². The Hall–Kier alpha value is -0.970. The lowest BCUT2D eigenvalue weighted by Crippen LogP contribution is -2.29. The number of hydrogen-bond acceptors (Lipinski definition) is 3. The molecule has 0 amide bonds. The van der Waals surface area contributed by atoms with Crippen LogP contribution in [0.5, 0.6) is 0 Å². The fraction of sp³-hybridized carbons (Fsp3) is 0.533. The molecule has 1 aromatic carbocycles. The van der Waals surface area contributed by atoms with Crippen molar-refractivity contribution in [3.05, 3.63) is 35.4 Å². The van der Waals surface area contributed by atoms with Crippen LogP contribution in [0.4, 0.5) is 0 Å². The molecule has 0 radical (unpaired) electrons. The Morgan fingerprint density at radius 2 is 1.74 bits per heavy atom. The summed E-state index contributed by atoms with van der Waals surface area (Å²) in [5.41, 5.74) is 7.35. The number of aliphatic hydroxyl groups excluding tert-OH is 1.